The van der Waals surface area contributed by atoms with E-state index in [-0.39, 0.29) is 5.78 Å². The summed E-state index contributed by atoms with van der Waals surface area (Å²) in [5, 5.41) is 1.76. The zero-order chi connectivity index (χ0) is 11.2. The van der Waals surface area contributed by atoms with Crippen LogP contribution in [0.3, 0.4) is 0 Å². The van der Waals surface area contributed by atoms with Crippen molar-refractivity contribution >= 4 is 40.0 Å². The second kappa shape index (κ2) is 3.54. The highest BCUT2D eigenvalue weighted by molar-refractivity contribution is 6.38. The van der Waals surface area contributed by atoms with Gasteiger partial charge in [0, 0.05) is 29.0 Å². The summed E-state index contributed by atoms with van der Waals surface area (Å²) >= 11 is 11.9. The molecule has 0 fully saturated rings. The maximum atomic E-state index is 11.3. The number of fused-ring (bicyclic) bond motifs is 1. The fourth-order valence-corrected chi connectivity index (χ4v) is 2.25. The number of hydrogen-bond acceptors (Lipinski definition) is 2. The predicted molar refractivity (Wildman–Crippen MR) is 61.0 cm³/mol. The molecule has 0 saturated carbocycles. The first-order chi connectivity index (χ1) is 7.00. The molecule has 0 unspecified atom stereocenters. The zero-order valence-electron chi connectivity index (χ0n) is 8.23. The molecule has 1 heterocycles. The van der Waals surface area contributed by atoms with E-state index in [0.29, 0.717) is 21.4 Å². The summed E-state index contributed by atoms with van der Waals surface area (Å²) in [5.74, 6) is 0.227. The highest BCUT2D eigenvalue weighted by atomic mass is 35.5. The molecule has 0 aliphatic heterocycles. The van der Waals surface area contributed by atoms with Gasteiger partial charge in [-0.25, -0.2) is 0 Å². The standard InChI is InChI=1S/C11H8Cl2O2/c1-5-10-8(13)3-7(12)4-9(10)15-11(5)6(2)14/h3-4H,1-2H3. The number of carbonyl (C=O) groups excluding carboxylic acids is 1. The van der Waals surface area contributed by atoms with Gasteiger partial charge < -0.3 is 4.42 Å². The monoisotopic (exact) mass is 242 g/mol. The molecule has 1 aromatic carbocycles. The first-order valence-electron chi connectivity index (χ1n) is 4.40. The molecule has 78 valence electrons. The van der Waals surface area contributed by atoms with E-state index in [1.54, 1.807) is 12.1 Å². The van der Waals surface area contributed by atoms with Gasteiger partial charge in [0.25, 0.3) is 0 Å². The number of furan rings is 1. The molecule has 2 nitrogen and oxygen atoms in total. The molecule has 2 rings (SSSR count). The van der Waals surface area contributed by atoms with Crippen LogP contribution in [-0.4, -0.2) is 5.78 Å². The van der Waals surface area contributed by atoms with Crippen molar-refractivity contribution in [2.45, 2.75) is 13.8 Å². The van der Waals surface area contributed by atoms with Crippen molar-refractivity contribution < 1.29 is 9.21 Å². The lowest BCUT2D eigenvalue weighted by Crippen LogP contribution is -1.90. The van der Waals surface area contributed by atoms with E-state index < -0.39 is 0 Å². The molecule has 0 aliphatic carbocycles. The van der Waals surface area contributed by atoms with Crippen LogP contribution in [0.25, 0.3) is 11.0 Å². The fourth-order valence-electron chi connectivity index (χ4n) is 1.63. The highest BCUT2D eigenvalue weighted by Gasteiger charge is 2.16. The van der Waals surface area contributed by atoms with Crippen LogP contribution in [0.5, 0.6) is 0 Å². The summed E-state index contributed by atoms with van der Waals surface area (Å²) in [5.41, 5.74) is 1.31. The number of aryl methyl sites for hydroxylation is 1. The van der Waals surface area contributed by atoms with Gasteiger partial charge in [-0.15, -0.1) is 0 Å². The first-order valence-corrected chi connectivity index (χ1v) is 5.15. The van der Waals surface area contributed by atoms with Crippen molar-refractivity contribution in [2.75, 3.05) is 0 Å². The minimum absolute atomic E-state index is 0.115. The number of rotatable bonds is 1. The Morgan fingerprint density at radius 2 is 2.00 bits per heavy atom. The molecule has 0 spiro atoms. The van der Waals surface area contributed by atoms with E-state index in [1.807, 2.05) is 6.92 Å². The summed E-state index contributed by atoms with van der Waals surface area (Å²) in [6.07, 6.45) is 0. The topological polar surface area (TPSA) is 30.2 Å². The summed E-state index contributed by atoms with van der Waals surface area (Å²) in [6, 6.07) is 3.29. The van der Waals surface area contributed by atoms with Gasteiger partial charge in [-0.2, -0.15) is 0 Å². The van der Waals surface area contributed by atoms with Crippen LogP contribution in [0.15, 0.2) is 16.5 Å². The summed E-state index contributed by atoms with van der Waals surface area (Å²) in [4.78, 5) is 11.3. The molecule has 0 aliphatic rings. The van der Waals surface area contributed by atoms with Crippen molar-refractivity contribution in [1.29, 1.82) is 0 Å². The second-order valence-corrected chi connectivity index (χ2v) is 4.22. The summed E-state index contributed by atoms with van der Waals surface area (Å²) < 4.78 is 5.40. The van der Waals surface area contributed by atoms with Gasteiger partial charge in [0.1, 0.15) is 5.58 Å². The van der Waals surface area contributed by atoms with Gasteiger partial charge in [-0.05, 0) is 13.0 Å². The second-order valence-electron chi connectivity index (χ2n) is 3.37. The Hall–Kier alpha value is -0.990. The molecule has 0 atom stereocenters. The van der Waals surface area contributed by atoms with E-state index in [4.69, 9.17) is 27.6 Å². The Balaban J connectivity index is 2.88. The molecule has 1 aromatic heterocycles. The quantitative estimate of drug-likeness (QED) is 0.700. The summed E-state index contributed by atoms with van der Waals surface area (Å²) in [7, 11) is 0. The fraction of sp³-hybridized carbons (Fsp3) is 0.182. The maximum absolute atomic E-state index is 11.3. The minimum Gasteiger partial charge on any atom is -0.453 e. The zero-order valence-corrected chi connectivity index (χ0v) is 9.74. The molecule has 15 heavy (non-hydrogen) atoms. The highest BCUT2D eigenvalue weighted by Crippen LogP contribution is 2.34. The normalized spacial score (nSPS) is 10.9. The lowest BCUT2D eigenvalue weighted by atomic mass is 10.1. The maximum Gasteiger partial charge on any atom is 0.195 e. The third kappa shape index (κ3) is 1.64. The van der Waals surface area contributed by atoms with Gasteiger partial charge in [0.05, 0.1) is 5.02 Å². The Morgan fingerprint density at radius 1 is 1.33 bits per heavy atom. The SMILES string of the molecule is CC(=O)c1oc2cc(Cl)cc(Cl)c2c1C. The average molecular weight is 243 g/mol. The Labute approximate surface area is 96.8 Å². The molecule has 0 amide bonds. The smallest absolute Gasteiger partial charge is 0.195 e. The van der Waals surface area contributed by atoms with Crippen LogP contribution < -0.4 is 0 Å². The molecule has 0 N–H and O–H groups in total. The minimum atomic E-state index is -0.115. The third-order valence-corrected chi connectivity index (χ3v) is 2.78. The van der Waals surface area contributed by atoms with Gasteiger partial charge in [-0.3, -0.25) is 4.79 Å². The van der Waals surface area contributed by atoms with Gasteiger partial charge in [-0.1, -0.05) is 23.2 Å². The van der Waals surface area contributed by atoms with Crippen LogP contribution >= 0.6 is 23.2 Å². The van der Waals surface area contributed by atoms with Crippen LogP contribution in [0.4, 0.5) is 0 Å². The molecule has 0 saturated heterocycles. The van der Waals surface area contributed by atoms with Crippen LogP contribution in [0.1, 0.15) is 23.0 Å². The van der Waals surface area contributed by atoms with Crippen molar-refractivity contribution in [3.63, 3.8) is 0 Å². The van der Waals surface area contributed by atoms with Crippen LogP contribution in [0.2, 0.25) is 10.0 Å². The third-order valence-electron chi connectivity index (χ3n) is 2.27. The Bertz CT molecular complexity index is 555. The number of hydrogen-bond donors (Lipinski definition) is 0. The molecule has 2 aromatic rings. The van der Waals surface area contributed by atoms with Gasteiger partial charge in [0.2, 0.25) is 0 Å². The van der Waals surface area contributed by atoms with E-state index in [9.17, 15) is 4.79 Å². The van der Waals surface area contributed by atoms with Crippen LogP contribution in [-0.2, 0) is 0 Å². The van der Waals surface area contributed by atoms with Crippen molar-refractivity contribution in [1.82, 2.24) is 0 Å². The molecule has 0 bridgehead atoms. The number of carbonyl (C=O) groups is 1. The molecule has 0 radical (unpaired) electrons. The Kier molecular flexibility index (Phi) is 2.49. The van der Waals surface area contributed by atoms with Gasteiger partial charge in [0.15, 0.2) is 11.5 Å². The summed E-state index contributed by atoms with van der Waals surface area (Å²) in [6.45, 7) is 3.27. The van der Waals surface area contributed by atoms with Crippen molar-refractivity contribution in [2.24, 2.45) is 0 Å². The lowest BCUT2D eigenvalue weighted by molar-refractivity contribution is 0.0988. The predicted octanol–water partition coefficient (Wildman–Crippen LogP) is 4.25. The van der Waals surface area contributed by atoms with E-state index in [1.165, 1.54) is 6.92 Å². The van der Waals surface area contributed by atoms with E-state index in [2.05, 4.69) is 0 Å². The van der Waals surface area contributed by atoms with Crippen molar-refractivity contribution in [3.05, 3.63) is 33.5 Å². The molecular formula is C11H8Cl2O2. The number of benzene rings is 1. The van der Waals surface area contributed by atoms with Gasteiger partial charge >= 0.3 is 0 Å². The Morgan fingerprint density at radius 3 is 2.60 bits per heavy atom. The average Bonchev–Trinajstić information content (AvgIpc) is 2.42. The van der Waals surface area contributed by atoms with E-state index in [0.717, 1.165) is 10.9 Å². The number of halogens is 2. The molecular weight excluding hydrogens is 235 g/mol. The number of ketones is 1. The van der Waals surface area contributed by atoms with Crippen molar-refractivity contribution in [3.8, 4) is 0 Å². The number of Topliss-reactive ketones (excluding diaryl/α,β-unsaturated/α-hetero) is 1. The molecule has 4 heteroatoms. The van der Waals surface area contributed by atoms with Crippen LogP contribution in [0, 0.1) is 6.92 Å². The largest absolute Gasteiger partial charge is 0.453 e. The lowest BCUT2D eigenvalue weighted by Gasteiger charge is -1.95. The first kappa shape index (κ1) is 10.5. The van der Waals surface area contributed by atoms with E-state index >= 15 is 0 Å².